The Labute approximate surface area is 158 Å². The molecule has 140 valence electrons. The number of hydrogen-bond donors (Lipinski definition) is 2. The Morgan fingerprint density at radius 1 is 1.19 bits per heavy atom. The molecule has 0 unspecified atom stereocenters. The van der Waals surface area contributed by atoms with E-state index in [1.54, 1.807) is 6.92 Å². The first-order valence-electron chi connectivity index (χ1n) is 7.97. The van der Waals surface area contributed by atoms with E-state index in [0.29, 0.717) is 23.1 Å². The van der Waals surface area contributed by atoms with Crippen LogP contribution in [0, 0.1) is 12.7 Å². The highest BCUT2D eigenvalue weighted by Gasteiger charge is 2.15. The summed E-state index contributed by atoms with van der Waals surface area (Å²) in [6, 6.07) is 9.01. The first-order valence-corrected chi connectivity index (χ1v) is 8.85. The molecule has 2 amide bonds. The van der Waals surface area contributed by atoms with Crippen molar-refractivity contribution in [3.8, 4) is 16.5 Å². The van der Waals surface area contributed by atoms with Crippen molar-refractivity contribution in [3.05, 3.63) is 59.0 Å². The van der Waals surface area contributed by atoms with Gasteiger partial charge in [0.1, 0.15) is 17.3 Å². The highest BCUT2D eigenvalue weighted by atomic mass is 32.1. The lowest BCUT2D eigenvalue weighted by Gasteiger charge is -2.08. The molecule has 0 bridgehead atoms. The Hall–Kier alpha value is -3.20. The predicted molar refractivity (Wildman–Crippen MR) is 96.4 cm³/mol. The van der Waals surface area contributed by atoms with Gasteiger partial charge in [-0.2, -0.15) is 0 Å². The summed E-state index contributed by atoms with van der Waals surface area (Å²) in [7, 11) is 0. The first kappa shape index (κ1) is 18.6. The number of ether oxygens (including phenoxy) is 1. The normalized spacial score (nSPS) is 10.4. The highest BCUT2D eigenvalue weighted by Crippen LogP contribution is 2.25. The van der Waals surface area contributed by atoms with Crippen LogP contribution in [0.25, 0.3) is 10.8 Å². The SMILES string of the molecule is Cc1oc(-c2cccs2)nc1CC(=O)NNC(=O)COc1ccc(F)cc1. The van der Waals surface area contributed by atoms with Gasteiger partial charge in [-0.05, 0) is 42.6 Å². The molecule has 3 aromatic rings. The zero-order valence-electron chi connectivity index (χ0n) is 14.3. The molecule has 27 heavy (non-hydrogen) atoms. The van der Waals surface area contributed by atoms with E-state index in [1.165, 1.54) is 35.6 Å². The minimum atomic E-state index is -0.552. The van der Waals surface area contributed by atoms with Gasteiger partial charge in [-0.1, -0.05) is 6.07 Å². The molecule has 0 aliphatic rings. The number of nitrogens with one attached hydrogen (secondary N) is 2. The van der Waals surface area contributed by atoms with Crippen LogP contribution in [0.4, 0.5) is 4.39 Å². The topological polar surface area (TPSA) is 93.5 Å². The van der Waals surface area contributed by atoms with Gasteiger partial charge in [0.05, 0.1) is 17.0 Å². The van der Waals surface area contributed by atoms with Gasteiger partial charge in [-0.3, -0.25) is 20.4 Å². The molecule has 3 rings (SSSR count). The van der Waals surface area contributed by atoms with Crippen LogP contribution >= 0.6 is 11.3 Å². The second-order valence-electron chi connectivity index (χ2n) is 5.51. The number of aromatic nitrogens is 1. The van der Waals surface area contributed by atoms with Gasteiger partial charge < -0.3 is 9.15 Å². The molecule has 0 aliphatic heterocycles. The number of hydrogen-bond acceptors (Lipinski definition) is 6. The van der Waals surface area contributed by atoms with Crippen molar-refractivity contribution >= 4 is 23.2 Å². The summed E-state index contributed by atoms with van der Waals surface area (Å²) >= 11 is 1.49. The maximum Gasteiger partial charge on any atom is 0.276 e. The number of oxazole rings is 1. The molecule has 2 N–H and O–H groups in total. The standard InChI is InChI=1S/C18H16FN3O4S/c1-11-14(20-18(26-11)15-3-2-8-27-15)9-16(23)21-22-17(24)10-25-13-6-4-12(19)5-7-13/h2-8H,9-10H2,1H3,(H,21,23)(H,22,24). The largest absolute Gasteiger partial charge is 0.484 e. The predicted octanol–water partition coefficient (Wildman–Crippen LogP) is 2.62. The Kier molecular flexibility index (Phi) is 5.82. The average molecular weight is 389 g/mol. The van der Waals surface area contributed by atoms with Crippen molar-refractivity contribution in [2.45, 2.75) is 13.3 Å². The molecule has 0 fully saturated rings. The number of halogens is 1. The molecule has 7 nitrogen and oxygen atoms in total. The monoisotopic (exact) mass is 389 g/mol. The molecule has 0 radical (unpaired) electrons. The molecule has 0 saturated carbocycles. The van der Waals surface area contributed by atoms with Crippen LogP contribution in [0.2, 0.25) is 0 Å². The average Bonchev–Trinajstić information content (AvgIpc) is 3.30. The van der Waals surface area contributed by atoms with Crippen molar-refractivity contribution in [3.63, 3.8) is 0 Å². The van der Waals surface area contributed by atoms with Gasteiger partial charge in [-0.15, -0.1) is 11.3 Å². The molecule has 0 saturated heterocycles. The molecular weight excluding hydrogens is 373 g/mol. The van der Waals surface area contributed by atoms with Crippen molar-refractivity contribution < 1.29 is 23.1 Å². The van der Waals surface area contributed by atoms with E-state index >= 15 is 0 Å². The summed E-state index contributed by atoms with van der Waals surface area (Å²) in [6.45, 7) is 1.40. The maximum absolute atomic E-state index is 12.8. The van der Waals surface area contributed by atoms with E-state index in [4.69, 9.17) is 9.15 Å². The minimum Gasteiger partial charge on any atom is -0.484 e. The van der Waals surface area contributed by atoms with Crippen molar-refractivity contribution in [2.75, 3.05) is 6.61 Å². The van der Waals surface area contributed by atoms with Gasteiger partial charge in [0.25, 0.3) is 5.91 Å². The summed E-state index contributed by atoms with van der Waals surface area (Å²) < 4.78 is 23.5. The number of thiophene rings is 1. The highest BCUT2D eigenvalue weighted by molar-refractivity contribution is 7.13. The van der Waals surface area contributed by atoms with Crippen LogP contribution in [0.3, 0.4) is 0 Å². The third-order valence-electron chi connectivity index (χ3n) is 3.48. The molecule has 9 heteroatoms. The van der Waals surface area contributed by atoms with Gasteiger partial charge >= 0.3 is 0 Å². The zero-order valence-corrected chi connectivity index (χ0v) is 15.1. The maximum atomic E-state index is 12.8. The fraction of sp³-hybridized carbons (Fsp3) is 0.167. The molecule has 2 aromatic heterocycles. The number of carbonyl (C=O) groups is 2. The van der Waals surface area contributed by atoms with Crippen molar-refractivity contribution in [2.24, 2.45) is 0 Å². The van der Waals surface area contributed by atoms with Gasteiger partial charge in [0, 0.05) is 0 Å². The summed E-state index contributed by atoms with van der Waals surface area (Å²) in [5.41, 5.74) is 5.03. The van der Waals surface area contributed by atoms with E-state index in [0.717, 1.165) is 4.88 Å². The van der Waals surface area contributed by atoms with E-state index in [2.05, 4.69) is 15.8 Å². The Morgan fingerprint density at radius 3 is 2.63 bits per heavy atom. The number of amides is 2. The number of rotatable bonds is 6. The lowest BCUT2D eigenvalue weighted by atomic mass is 10.2. The summed E-state index contributed by atoms with van der Waals surface area (Å²) in [6.07, 6.45) is -0.0419. The van der Waals surface area contributed by atoms with Crippen LogP contribution in [0.1, 0.15) is 11.5 Å². The first-order chi connectivity index (χ1) is 13.0. The summed E-state index contributed by atoms with van der Waals surface area (Å²) in [5.74, 6) is -0.0497. The molecule has 2 heterocycles. The molecule has 0 spiro atoms. The van der Waals surface area contributed by atoms with Gasteiger partial charge in [0.15, 0.2) is 6.61 Å². The Balaban J connectivity index is 1.45. The number of carbonyl (C=O) groups excluding carboxylic acids is 2. The fourth-order valence-electron chi connectivity index (χ4n) is 2.15. The number of benzene rings is 1. The number of nitrogens with zero attached hydrogens (tertiary/aromatic N) is 1. The second-order valence-corrected chi connectivity index (χ2v) is 6.46. The van der Waals surface area contributed by atoms with E-state index in [-0.39, 0.29) is 13.0 Å². The molecule has 1 aromatic carbocycles. The van der Waals surface area contributed by atoms with E-state index in [9.17, 15) is 14.0 Å². The minimum absolute atomic E-state index is 0.0419. The van der Waals surface area contributed by atoms with E-state index < -0.39 is 17.6 Å². The van der Waals surface area contributed by atoms with Crippen LogP contribution < -0.4 is 15.6 Å². The van der Waals surface area contributed by atoms with Gasteiger partial charge in [-0.25, -0.2) is 9.37 Å². The van der Waals surface area contributed by atoms with Crippen molar-refractivity contribution in [1.29, 1.82) is 0 Å². The number of aryl methyl sites for hydroxylation is 1. The van der Waals surface area contributed by atoms with Crippen molar-refractivity contribution in [1.82, 2.24) is 15.8 Å². The molecule has 0 atom stereocenters. The third-order valence-corrected chi connectivity index (χ3v) is 4.34. The van der Waals surface area contributed by atoms with Crippen LogP contribution in [0.15, 0.2) is 46.2 Å². The smallest absolute Gasteiger partial charge is 0.276 e. The number of hydrazine groups is 1. The quantitative estimate of drug-likeness (QED) is 0.632. The molecule has 0 aliphatic carbocycles. The fourth-order valence-corrected chi connectivity index (χ4v) is 2.80. The van der Waals surface area contributed by atoms with Crippen LogP contribution in [-0.4, -0.2) is 23.4 Å². The summed E-state index contributed by atoms with van der Waals surface area (Å²) in [5, 5.41) is 1.91. The van der Waals surface area contributed by atoms with Crippen LogP contribution in [-0.2, 0) is 16.0 Å². The lowest BCUT2D eigenvalue weighted by Crippen LogP contribution is -2.44. The third kappa shape index (κ3) is 5.14. The Bertz CT molecular complexity index is 923. The lowest BCUT2D eigenvalue weighted by molar-refractivity contribution is -0.129. The second kappa shape index (κ2) is 8.45. The van der Waals surface area contributed by atoms with E-state index in [1.807, 2.05) is 17.5 Å². The zero-order chi connectivity index (χ0) is 19.2. The van der Waals surface area contributed by atoms with Gasteiger partial charge in [0.2, 0.25) is 11.8 Å². The van der Waals surface area contributed by atoms with Crippen LogP contribution in [0.5, 0.6) is 5.75 Å². The molecular formula is C18H16FN3O4S. The summed E-state index contributed by atoms with van der Waals surface area (Å²) in [4.78, 5) is 28.9. The Morgan fingerprint density at radius 2 is 1.93 bits per heavy atom.